The highest BCUT2D eigenvalue weighted by atomic mass is 32.1. The van der Waals surface area contributed by atoms with Gasteiger partial charge in [-0.1, -0.05) is 13.8 Å². The topological polar surface area (TPSA) is 87.5 Å². The number of morpholine rings is 1. The first-order valence-corrected chi connectivity index (χ1v) is 11.9. The van der Waals surface area contributed by atoms with Crippen molar-refractivity contribution in [1.29, 1.82) is 0 Å². The van der Waals surface area contributed by atoms with E-state index in [0.29, 0.717) is 25.6 Å². The highest BCUT2D eigenvalue weighted by molar-refractivity contribution is 7.21. The number of thiophene rings is 1. The summed E-state index contributed by atoms with van der Waals surface area (Å²) in [7, 11) is 0. The summed E-state index contributed by atoms with van der Waals surface area (Å²) >= 11 is 1.59. The van der Waals surface area contributed by atoms with Crippen LogP contribution in [0.5, 0.6) is 0 Å². The van der Waals surface area contributed by atoms with Crippen molar-refractivity contribution < 1.29 is 9.53 Å². The molecule has 2 fully saturated rings. The third-order valence-electron chi connectivity index (χ3n) is 6.54. The molecular formula is C23H26N6O2S. The van der Waals surface area contributed by atoms with Crippen molar-refractivity contribution in [3.05, 3.63) is 40.7 Å². The summed E-state index contributed by atoms with van der Waals surface area (Å²) in [5.41, 5.74) is 6.36. The number of carbonyl (C=O) groups is 1. The van der Waals surface area contributed by atoms with E-state index in [0.717, 1.165) is 44.1 Å². The van der Waals surface area contributed by atoms with Gasteiger partial charge in [-0.25, -0.2) is 9.50 Å². The Kier molecular flexibility index (Phi) is 4.60. The number of rotatable bonds is 3. The van der Waals surface area contributed by atoms with E-state index in [1.54, 1.807) is 17.7 Å². The average molecular weight is 451 g/mol. The highest BCUT2D eigenvalue weighted by Crippen LogP contribution is 2.40. The average Bonchev–Trinajstić information content (AvgIpc) is 3.53. The molecule has 2 N–H and O–H groups in total. The largest absolute Gasteiger partial charge is 0.373 e. The number of hydrogen-bond donors (Lipinski definition) is 2. The summed E-state index contributed by atoms with van der Waals surface area (Å²) in [6.07, 6.45) is 3.70. The zero-order valence-corrected chi connectivity index (χ0v) is 19.2. The molecule has 4 aromatic heterocycles. The Bertz CT molecular complexity index is 1320. The molecule has 4 aromatic rings. The quantitative estimate of drug-likeness (QED) is 0.501. The summed E-state index contributed by atoms with van der Waals surface area (Å²) in [5.74, 6) is 0.398. The highest BCUT2D eigenvalue weighted by Gasteiger charge is 2.38. The van der Waals surface area contributed by atoms with Crippen LogP contribution in [0.1, 0.15) is 40.6 Å². The second kappa shape index (κ2) is 7.40. The number of likely N-dealkylation sites (tertiary alicyclic amines) is 1. The van der Waals surface area contributed by atoms with Crippen molar-refractivity contribution in [2.75, 3.05) is 26.2 Å². The molecule has 6 rings (SSSR count). The minimum Gasteiger partial charge on any atom is -0.373 e. The summed E-state index contributed by atoms with van der Waals surface area (Å²) in [6.45, 7) is 9.37. The number of amides is 1. The maximum Gasteiger partial charge on any atom is 0.264 e. The predicted molar refractivity (Wildman–Crippen MR) is 124 cm³/mol. The van der Waals surface area contributed by atoms with Gasteiger partial charge in [0.25, 0.3) is 5.91 Å². The first kappa shape index (κ1) is 19.9. The fourth-order valence-electron chi connectivity index (χ4n) is 5.03. The summed E-state index contributed by atoms with van der Waals surface area (Å²) in [5, 5.41) is 7.79. The number of fused-ring (bicyclic) bond motifs is 3. The van der Waals surface area contributed by atoms with Crippen LogP contribution in [0.2, 0.25) is 0 Å². The number of nitrogens with zero attached hydrogens (tertiary/aromatic N) is 4. The van der Waals surface area contributed by atoms with Crippen molar-refractivity contribution in [1.82, 2.24) is 29.8 Å². The lowest BCUT2D eigenvalue weighted by molar-refractivity contribution is 0.0176. The van der Waals surface area contributed by atoms with E-state index in [-0.39, 0.29) is 18.1 Å². The monoisotopic (exact) mass is 450 g/mol. The first-order chi connectivity index (χ1) is 15.5. The zero-order chi connectivity index (χ0) is 22.0. The molecule has 0 aliphatic carbocycles. The summed E-state index contributed by atoms with van der Waals surface area (Å²) < 4.78 is 8.82. The summed E-state index contributed by atoms with van der Waals surface area (Å²) in [6, 6.07) is 4.40. The molecule has 8 nitrogen and oxygen atoms in total. The van der Waals surface area contributed by atoms with Gasteiger partial charge in [0.2, 0.25) is 0 Å². The second-order valence-electron chi connectivity index (χ2n) is 9.04. The van der Waals surface area contributed by atoms with Crippen molar-refractivity contribution in [3.8, 4) is 11.3 Å². The number of nitrogens with one attached hydrogen (secondary N) is 2. The molecule has 0 aromatic carbocycles. The van der Waals surface area contributed by atoms with E-state index >= 15 is 0 Å². The third-order valence-corrected chi connectivity index (χ3v) is 7.69. The molecule has 0 saturated carbocycles. The lowest BCUT2D eigenvalue weighted by atomic mass is 9.99. The van der Waals surface area contributed by atoms with E-state index in [1.807, 2.05) is 21.7 Å². The predicted octanol–water partition coefficient (Wildman–Crippen LogP) is 3.18. The minimum atomic E-state index is 0.0931. The van der Waals surface area contributed by atoms with Gasteiger partial charge in [0.1, 0.15) is 6.33 Å². The van der Waals surface area contributed by atoms with Crippen LogP contribution in [0.15, 0.2) is 24.7 Å². The van der Waals surface area contributed by atoms with Gasteiger partial charge in [0, 0.05) is 31.4 Å². The van der Waals surface area contributed by atoms with Gasteiger partial charge in [0.15, 0.2) is 5.65 Å². The van der Waals surface area contributed by atoms with E-state index in [9.17, 15) is 4.79 Å². The van der Waals surface area contributed by atoms with E-state index in [2.05, 4.69) is 47.2 Å². The Morgan fingerprint density at radius 1 is 1.31 bits per heavy atom. The Morgan fingerprint density at radius 2 is 2.19 bits per heavy atom. The van der Waals surface area contributed by atoms with Gasteiger partial charge < -0.3 is 19.9 Å². The molecule has 0 spiro atoms. The van der Waals surface area contributed by atoms with Crippen LogP contribution < -0.4 is 5.32 Å². The number of carbonyl (C=O) groups excluding carboxylic acids is 1. The molecular weight excluding hydrogens is 424 g/mol. The number of aromatic nitrogens is 4. The van der Waals surface area contributed by atoms with Crippen LogP contribution in [0.4, 0.5) is 0 Å². The molecule has 9 heteroatoms. The van der Waals surface area contributed by atoms with Gasteiger partial charge in [-0.15, -0.1) is 11.3 Å². The number of H-pyrrole nitrogens is 1. The van der Waals surface area contributed by atoms with Crippen LogP contribution in [0, 0.1) is 6.92 Å². The molecule has 0 bridgehead atoms. The fourth-order valence-corrected chi connectivity index (χ4v) is 6.31. The Balaban J connectivity index is 1.37. The maximum absolute atomic E-state index is 13.3. The van der Waals surface area contributed by atoms with Crippen molar-refractivity contribution in [2.45, 2.75) is 38.8 Å². The summed E-state index contributed by atoms with van der Waals surface area (Å²) in [4.78, 5) is 23.9. The van der Waals surface area contributed by atoms with E-state index in [4.69, 9.17) is 4.74 Å². The normalized spacial score (nSPS) is 21.2. The van der Waals surface area contributed by atoms with Gasteiger partial charge in [0.05, 0.1) is 39.5 Å². The van der Waals surface area contributed by atoms with Gasteiger partial charge in [-0.05, 0) is 36.1 Å². The second-order valence-corrected chi connectivity index (χ2v) is 10.1. The van der Waals surface area contributed by atoms with Crippen molar-refractivity contribution in [2.24, 2.45) is 0 Å². The Labute approximate surface area is 189 Å². The number of aromatic amines is 1. The Hall–Kier alpha value is -2.75. The number of ether oxygens (including phenoxy) is 1. The molecule has 0 radical (unpaired) electrons. The standard InChI is InChI=1S/C23H26N6O2S/c1-12(2)19-20(14-6-13(3)22-25-11-26-29(22)8-14)27-15-7-18(32-21(15)19)23(30)28-9-16-17(10-28)31-5-4-24-16/h6-8,11-12,16-17,24,27H,4-5,9-10H2,1-3H3/t16-,17-/m1/s1. The molecule has 2 atom stereocenters. The molecule has 32 heavy (non-hydrogen) atoms. The lowest BCUT2D eigenvalue weighted by Gasteiger charge is -2.25. The van der Waals surface area contributed by atoms with Crippen molar-refractivity contribution >= 4 is 33.1 Å². The van der Waals surface area contributed by atoms with Crippen molar-refractivity contribution in [3.63, 3.8) is 0 Å². The smallest absolute Gasteiger partial charge is 0.264 e. The fraction of sp³-hybridized carbons (Fsp3) is 0.435. The molecule has 0 unspecified atom stereocenters. The van der Waals surface area contributed by atoms with Crippen LogP contribution >= 0.6 is 11.3 Å². The lowest BCUT2D eigenvalue weighted by Crippen LogP contribution is -2.47. The molecule has 2 aliphatic rings. The molecule has 2 aliphatic heterocycles. The van der Waals surface area contributed by atoms with Gasteiger partial charge in [-0.2, -0.15) is 5.10 Å². The van der Waals surface area contributed by atoms with Crippen LogP contribution in [0.25, 0.3) is 27.1 Å². The minimum absolute atomic E-state index is 0.0931. The van der Waals surface area contributed by atoms with Gasteiger partial charge in [-0.3, -0.25) is 4.79 Å². The Morgan fingerprint density at radius 3 is 3.00 bits per heavy atom. The van der Waals surface area contributed by atoms with E-state index < -0.39 is 0 Å². The molecule has 2 saturated heterocycles. The van der Waals surface area contributed by atoms with Crippen LogP contribution in [-0.4, -0.2) is 68.8 Å². The van der Waals surface area contributed by atoms with Crippen LogP contribution in [-0.2, 0) is 4.74 Å². The maximum atomic E-state index is 13.3. The third kappa shape index (κ3) is 3.07. The van der Waals surface area contributed by atoms with Gasteiger partial charge >= 0.3 is 0 Å². The van der Waals surface area contributed by atoms with Crippen LogP contribution in [0.3, 0.4) is 0 Å². The molecule has 166 valence electrons. The number of pyridine rings is 1. The van der Waals surface area contributed by atoms with E-state index in [1.165, 1.54) is 5.56 Å². The number of hydrogen-bond acceptors (Lipinski definition) is 6. The number of aryl methyl sites for hydroxylation is 1. The first-order valence-electron chi connectivity index (χ1n) is 11.1. The zero-order valence-electron chi connectivity index (χ0n) is 18.4. The molecule has 6 heterocycles. The molecule has 1 amide bonds. The SMILES string of the molecule is Cc1cc(-c2[nH]c3cc(C(=O)N4C[C@H]5NCCO[C@@H]5C4)sc3c2C(C)C)cn2ncnc12.